The second kappa shape index (κ2) is 16.5. The smallest absolute Gasteiger partial charge is 0.268 e. The number of para-hydroxylation sites is 3. The van der Waals surface area contributed by atoms with Gasteiger partial charge in [0, 0.05) is 49.8 Å². The molecule has 64 heavy (non-hydrogen) atoms. The zero-order valence-electron chi connectivity index (χ0n) is 37.5. The van der Waals surface area contributed by atoms with Crippen LogP contribution in [0.15, 0.2) is 158 Å². The van der Waals surface area contributed by atoms with Gasteiger partial charge in [0.1, 0.15) is 5.82 Å². The predicted molar refractivity (Wildman–Crippen MR) is 258 cm³/mol. The van der Waals surface area contributed by atoms with Crippen LogP contribution in [-0.4, -0.2) is 14.1 Å². The minimum atomic E-state index is -0.0519. The van der Waals surface area contributed by atoms with E-state index in [4.69, 9.17) is 9.72 Å². The molecule has 5 nitrogen and oxygen atoms in total. The van der Waals surface area contributed by atoms with Gasteiger partial charge in [-0.3, -0.25) is 4.57 Å². The van der Waals surface area contributed by atoms with Crippen LogP contribution in [-0.2, 0) is 31.9 Å². The number of imidazole rings is 1. The Morgan fingerprint density at radius 1 is 0.578 bits per heavy atom. The first-order valence-corrected chi connectivity index (χ1v) is 21.7. The standard InChI is InChI=1S/C58H50N4O.Pt/c1-38-36-59-56(39(2)55(38)41-25-27-43(28-26-41)57(3,4)5)62-51-22-13-12-21-49(51)50-30-29-48(35-54(50)62)63-47-20-16-19-45(34-47)60-37-61(53-24-15-14-23-52(53)60)46-32-42(40-17-10-9-11-18-40)31-44(33-46)58(6,7)8;/h9-33,36H,1-8H3;/q-2;. The fraction of sp³-hybridized carbons (Fsp3) is 0.172. The summed E-state index contributed by atoms with van der Waals surface area (Å²) >= 11 is 0. The summed E-state index contributed by atoms with van der Waals surface area (Å²) in [7, 11) is 0. The van der Waals surface area contributed by atoms with Crippen LogP contribution in [0.1, 0.15) is 63.8 Å². The van der Waals surface area contributed by atoms with Crippen molar-refractivity contribution in [3.05, 3.63) is 199 Å². The molecule has 0 unspecified atom stereocenters. The molecule has 0 saturated carbocycles. The topological polar surface area (TPSA) is 35.9 Å². The van der Waals surface area contributed by atoms with Crippen molar-refractivity contribution < 1.29 is 30.4 Å². The Bertz CT molecular complexity index is 3350. The van der Waals surface area contributed by atoms with Crippen LogP contribution >= 0.6 is 0 Å². The molecular weight excluding hydrogens is 964 g/mol. The Balaban J connectivity index is 0.00000518. The third-order valence-corrected chi connectivity index (χ3v) is 12.2. The number of aryl methyl sites for hydroxylation is 1. The average Bonchev–Trinajstić information content (AvgIpc) is 3.83. The number of benzene rings is 7. The molecule has 0 radical (unpaired) electrons. The molecule has 10 rings (SSSR count). The van der Waals surface area contributed by atoms with Crippen LogP contribution in [0.2, 0.25) is 0 Å². The minimum Gasteiger partial charge on any atom is -0.510 e. The fourth-order valence-corrected chi connectivity index (χ4v) is 8.83. The van der Waals surface area contributed by atoms with E-state index < -0.39 is 0 Å². The quantitative estimate of drug-likeness (QED) is 0.118. The van der Waals surface area contributed by atoms with Crippen LogP contribution < -0.4 is 9.30 Å². The summed E-state index contributed by atoms with van der Waals surface area (Å²) in [6.45, 7) is 17.9. The molecular formula is C58H50N4OPt-2. The maximum atomic E-state index is 6.66. The molecule has 3 heterocycles. The van der Waals surface area contributed by atoms with Crippen LogP contribution in [0.4, 0.5) is 0 Å². The first-order valence-electron chi connectivity index (χ1n) is 21.7. The molecule has 3 aromatic heterocycles. The normalized spacial score (nSPS) is 11.9. The third-order valence-electron chi connectivity index (χ3n) is 12.2. The van der Waals surface area contributed by atoms with Gasteiger partial charge in [-0.25, -0.2) is 4.98 Å². The van der Waals surface area contributed by atoms with Gasteiger partial charge in [0.05, 0.1) is 16.7 Å². The van der Waals surface area contributed by atoms with Gasteiger partial charge in [-0.2, -0.15) is 18.2 Å². The number of pyridine rings is 1. The number of aromatic nitrogens is 4. The van der Waals surface area contributed by atoms with Crippen molar-refractivity contribution in [1.82, 2.24) is 14.1 Å². The molecule has 0 saturated heterocycles. The molecule has 0 amide bonds. The summed E-state index contributed by atoms with van der Waals surface area (Å²) in [4.78, 5) is 5.10. The first-order chi connectivity index (χ1) is 30.3. The monoisotopic (exact) mass is 1010 g/mol. The van der Waals surface area contributed by atoms with Gasteiger partial charge in [-0.05, 0) is 92.9 Å². The Kier molecular flexibility index (Phi) is 11.0. The Morgan fingerprint density at radius 2 is 1.27 bits per heavy atom. The molecule has 0 N–H and O–H groups in total. The predicted octanol–water partition coefficient (Wildman–Crippen LogP) is 14.1. The van der Waals surface area contributed by atoms with E-state index in [0.717, 1.165) is 61.2 Å². The van der Waals surface area contributed by atoms with E-state index in [0.29, 0.717) is 11.5 Å². The molecule has 7 aromatic carbocycles. The Morgan fingerprint density at radius 3 is 2.02 bits per heavy atom. The van der Waals surface area contributed by atoms with E-state index in [1.807, 2.05) is 30.5 Å². The number of hydrogen-bond donors (Lipinski definition) is 0. The number of hydrogen-bond acceptors (Lipinski definition) is 2. The average molecular weight is 1010 g/mol. The Labute approximate surface area is 390 Å². The largest absolute Gasteiger partial charge is 0.510 e. The number of fused-ring (bicyclic) bond motifs is 4. The van der Waals surface area contributed by atoms with Crippen molar-refractivity contribution in [1.29, 1.82) is 0 Å². The Hall–Kier alpha value is -6.55. The summed E-state index contributed by atoms with van der Waals surface area (Å²) in [6.07, 6.45) is 5.69. The van der Waals surface area contributed by atoms with Crippen molar-refractivity contribution in [2.24, 2.45) is 0 Å². The molecule has 320 valence electrons. The van der Waals surface area contributed by atoms with Gasteiger partial charge in [-0.1, -0.05) is 150 Å². The molecule has 0 bridgehead atoms. The first kappa shape index (κ1) is 42.7. The van der Waals surface area contributed by atoms with Gasteiger partial charge in [0.15, 0.2) is 0 Å². The van der Waals surface area contributed by atoms with Crippen LogP contribution in [0.3, 0.4) is 0 Å². The summed E-state index contributed by atoms with van der Waals surface area (Å²) in [5.74, 6) is 2.04. The van der Waals surface area contributed by atoms with Gasteiger partial charge >= 0.3 is 0 Å². The molecule has 0 atom stereocenters. The molecule has 0 aliphatic rings. The van der Waals surface area contributed by atoms with Crippen molar-refractivity contribution in [2.75, 3.05) is 0 Å². The van der Waals surface area contributed by atoms with E-state index in [-0.39, 0.29) is 31.9 Å². The summed E-state index contributed by atoms with van der Waals surface area (Å²) in [5, 5.41) is 2.21. The third kappa shape index (κ3) is 7.77. The van der Waals surface area contributed by atoms with Gasteiger partial charge in [0.2, 0.25) is 0 Å². The number of rotatable bonds is 7. The van der Waals surface area contributed by atoms with E-state index in [9.17, 15) is 0 Å². The zero-order valence-corrected chi connectivity index (χ0v) is 39.8. The summed E-state index contributed by atoms with van der Waals surface area (Å²) in [5.41, 5.74) is 15.4. The van der Waals surface area contributed by atoms with Crippen molar-refractivity contribution in [3.63, 3.8) is 0 Å². The maximum absolute atomic E-state index is 6.66. The summed E-state index contributed by atoms with van der Waals surface area (Å²) < 4.78 is 13.1. The number of ether oxygens (including phenoxy) is 1. The molecule has 6 heteroatoms. The second-order valence-corrected chi connectivity index (χ2v) is 18.7. The molecule has 0 fully saturated rings. The van der Waals surface area contributed by atoms with E-state index >= 15 is 0 Å². The molecule has 0 spiro atoms. The number of nitrogens with zero attached hydrogens (tertiary/aromatic N) is 4. The van der Waals surface area contributed by atoms with Gasteiger partial charge in [0.25, 0.3) is 6.33 Å². The van der Waals surface area contributed by atoms with E-state index in [1.54, 1.807) is 0 Å². The van der Waals surface area contributed by atoms with E-state index in [2.05, 4.69) is 215 Å². The molecule has 0 aliphatic carbocycles. The summed E-state index contributed by atoms with van der Waals surface area (Å²) in [6, 6.07) is 60.7. The van der Waals surface area contributed by atoms with Crippen molar-refractivity contribution in [2.45, 2.75) is 66.2 Å². The van der Waals surface area contributed by atoms with E-state index in [1.165, 1.54) is 33.4 Å². The van der Waals surface area contributed by atoms with Crippen molar-refractivity contribution in [3.8, 4) is 50.9 Å². The van der Waals surface area contributed by atoms with Crippen LogP contribution in [0, 0.1) is 32.3 Å². The molecule has 10 aromatic rings. The minimum absolute atomic E-state index is 0. The second-order valence-electron chi connectivity index (χ2n) is 18.7. The van der Waals surface area contributed by atoms with Crippen LogP contribution in [0.25, 0.3) is 72.3 Å². The van der Waals surface area contributed by atoms with Gasteiger partial charge < -0.3 is 13.9 Å². The van der Waals surface area contributed by atoms with Crippen molar-refractivity contribution >= 4 is 32.8 Å². The van der Waals surface area contributed by atoms with Crippen LogP contribution in [0.5, 0.6) is 11.5 Å². The van der Waals surface area contributed by atoms with Gasteiger partial charge in [-0.15, -0.1) is 29.7 Å². The zero-order chi connectivity index (χ0) is 43.6. The molecule has 0 aliphatic heterocycles. The maximum Gasteiger partial charge on any atom is 0.268 e. The fourth-order valence-electron chi connectivity index (χ4n) is 8.83. The SMILES string of the molecule is Cc1cnc(-n2c3[c-]c(Oc4[c-]c(-n5[c-][n+](-c6cc(-c7ccccc7)cc(C(C)(C)C)c6)c6ccccc65)ccc4)ccc3c3ccccc32)c(C)c1-c1ccc(C(C)(C)C)cc1.[Pt].